The number of rotatable bonds is 4. The van der Waals surface area contributed by atoms with Gasteiger partial charge in [0, 0.05) is 6.04 Å². The molecule has 0 aliphatic heterocycles. The molecular weight excluding hydrogens is 306 g/mol. The number of hydrogen-bond donors (Lipinski definition) is 2. The summed E-state index contributed by atoms with van der Waals surface area (Å²) in [6.45, 7) is 2.22. The molecule has 1 heterocycles. The summed E-state index contributed by atoms with van der Waals surface area (Å²) < 4.78 is 5.03. The summed E-state index contributed by atoms with van der Waals surface area (Å²) in [5, 5.41) is 2.95. The van der Waals surface area contributed by atoms with Crippen molar-refractivity contribution in [1.29, 1.82) is 0 Å². The molecule has 1 amide bonds. The third-order valence-electron chi connectivity index (χ3n) is 3.70. The van der Waals surface area contributed by atoms with Crippen molar-refractivity contribution in [2.75, 3.05) is 12.3 Å². The van der Waals surface area contributed by atoms with Crippen LogP contribution in [0.3, 0.4) is 0 Å². The predicted octanol–water partition coefficient (Wildman–Crippen LogP) is 1.94. The number of halogens is 1. The fourth-order valence-corrected chi connectivity index (χ4v) is 2.53. The first-order chi connectivity index (χ1) is 10.1. The molecule has 1 aliphatic carbocycles. The predicted molar refractivity (Wildman–Crippen MR) is 85.7 cm³/mol. The lowest BCUT2D eigenvalue weighted by Gasteiger charge is -2.27. The molecule has 2 rings (SSSR count). The van der Waals surface area contributed by atoms with Crippen molar-refractivity contribution >= 4 is 30.0 Å². The highest BCUT2D eigenvalue weighted by molar-refractivity contribution is 5.92. The van der Waals surface area contributed by atoms with Crippen molar-refractivity contribution in [2.45, 2.75) is 38.6 Å². The van der Waals surface area contributed by atoms with E-state index >= 15 is 0 Å². The van der Waals surface area contributed by atoms with Gasteiger partial charge >= 0.3 is 5.97 Å². The number of ether oxygens (including phenoxy) is 1. The molecule has 3 N–H and O–H groups in total. The first-order valence-corrected chi connectivity index (χ1v) is 7.29. The van der Waals surface area contributed by atoms with Crippen LogP contribution in [0, 0.1) is 5.92 Å². The van der Waals surface area contributed by atoms with Crippen LogP contribution in [-0.4, -0.2) is 29.5 Å². The Morgan fingerprint density at radius 2 is 2.00 bits per heavy atom. The first kappa shape index (κ1) is 18.2. The maximum atomic E-state index is 12.0. The number of nitrogens with one attached hydrogen (secondary N) is 1. The van der Waals surface area contributed by atoms with E-state index in [2.05, 4.69) is 10.3 Å². The highest BCUT2D eigenvalue weighted by Gasteiger charge is 2.28. The molecular formula is C15H22ClN3O3. The zero-order valence-corrected chi connectivity index (χ0v) is 13.4. The van der Waals surface area contributed by atoms with Crippen molar-refractivity contribution in [3.8, 4) is 0 Å². The van der Waals surface area contributed by atoms with Gasteiger partial charge in [-0.3, -0.25) is 9.59 Å². The summed E-state index contributed by atoms with van der Waals surface area (Å²) in [5.74, 6) is -0.357. The van der Waals surface area contributed by atoms with Gasteiger partial charge < -0.3 is 15.8 Å². The van der Waals surface area contributed by atoms with Crippen LogP contribution in [0.1, 0.15) is 43.1 Å². The topological polar surface area (TPSA) is 94.3 Å². The van der Waals surface area contributed by atoms with E-state index in [1.54, 1.807) is 12.1 Å². The average Bonchev–Trinajstić information content (AvgIpc) is 2.49. The van der Waals surface area contributed by atoms with Crippen molar-refractivity contribution in [3.05, 3.63) is 24.0 Å². The number of carbonyl (C=O) groups excluding carboxylic acids is 2. The average molecular weight is 328 g/mol. The monoisotopic (exact) mass is 327 g/mol. The largest absolute Gasteiger partial charge is 0.466 e. The summed E-state index contributed by atoms with van der Waals surface area (Å²) in [7, 11) is 0. The van der Waals surface area contributed by atoms with E-state index in [-0.39, 0.29) is 36.2 Å². The summed E-state index contributed by atoms with van der Waals surface area (Å²) in [6, 6.07) is 3.34. The first-order valence-electron chi connectivity index (χ1n) is 7.29. The standard InChI is InChI=1S/C15H21N3O3.ClH/c1-2-21-15(20)10-3-6-12(7-4-10)18-14(19)13-8-5-11(16)9-17-13;/h5,8-10,12H,2-4,6-7,16H2,1H3,(H,18,19);1H. The van der Waals surface area contributed by atoms with Crippen LogP contribution in [0.4, 0.5) is 5.69 Å². The van der Waals surface area contributed by atoms with E-state index in [1.807, 2.05) is 6.92 Å². The summed E-state index contributed by atoms with van der Waals surface area (Å²) >= 11 is 0. The molecule has 0 spiro atoms. The normalized spacial score (nSPS) is 20.6. The molecule has 22 heavy (non-hydrogen) atoms. The Hall–Kier alpha value is -1.82. The molecule has 1 aromatic rings. The molecule has 1 fully saturated rings. The SMILES string of the molecule is CCOC(=O)C1CCC(NC(=O)c2ccc(N)cn2)CC1.Cl. The van der Waals surface area contributed by atoms with Gasteiger partial charge in [-0.05, 0) is 44.7 Å². The Bertz CT molecular complexity index is 499. The molecule has 1 aromatic heterocycles. The number of nitrogens with two attached hydrogens (primary N) is 1. The van der Waals surface area contributed by atoms with E-state index < -0.39 is 0 Å². The van der Waals surface area contributed by atoms with Crippen molar-refractivity contribution in [2.24, 2.45) is 5.92 Å². The van der Waals surface area contributed by atoms with Crippen LogP contribution in [0.25, 0.3) is 0 Å². The van der Waals surface area contributed by atoms with Crippen molar-refractivity contribution in [1.82, 2.24) is 10.3 Å². The van der Waals surface area contributed by atoms with Crippen molar-refractivity contribution in [3.63, 3.8) is 0 Å². The van der Waals surface area contributed by atoms with Crippen LogP contribution in [0.2, 0.25) is 0 Å². The van der Waals surface area contributed by atoms with Gasteiger partial charge in [-0.15, -0.1) is 12.4 Å². The van der Waals surface area contributed by atoms with Crippen LogP contribution in [0.15, 0.2) is 18.3 Å². The summed E-state index contributed by atoms with van der Waals surface area (Å²) in [5.41, 5.74) is 6.43. The second-order valence-electron chi connectivity index (χ2n) is 5.25. The molecule has 7 heteroatoms. The molecule has 0 bridgehead atoms. The number of aromatic nitrogens is 1. The van der Waals surface area contributed by atoms with Gasteiger partial charge in [-0.25, -0.2) is 4.98 Å². The number of carbonyl (C=O) groups is 2. The maximum Gasteiger partial charge on any atom is 0.308 e. The number of nitrogens with zero attached hydrogens (tertiary/aromatic N) is 1. The van der Waals surface area contributed by atoms with Crippen LogP contribution >= 0.6 is 12.4 Å². The number of anilines is 1. The minimum atomic E-state index is -0.199. The van der Waals surface area contributed by atoms with Gasteiger partial charge in [0.05, 0.1) is 24.4 Å². The minimum Gasteiger partial charge on any atom is -0.466 e. The smallest absolute Gasteiger partial charge is 0.308 e. The van der Waals surface area contributed by atoms with Gasteiger partial charge in [0.1, 0.15) is 5.69 Å². The van der Waals surface area contributed by atoms with Crippen LogP contribution in [0.5, 0.6) is 0 Å². The molecule has 1 saturated carbocycles. The number of hydrogen-bond acceptors (Lipinski definition) is 5. The van der Waals surface area contributed by atoms with E-state index in [0.29, 0.717) is 18.0 Å². The van der Waals surface area contributed by atoms with Gasteiger partial charge in [0.25, 0.3) is 5.91 Å². The van der Waals surface area contributed by atoms with E-state index in [4.69, 9.17) is 10.5 Å². The molecule has 0 aromatic carbocycles. The maximum absolute atomic E-state index is 12.0. The molecule has 122 valence electrons. The number of pyridine rings is 1. The summed E-state index contributed by atoms with van der Waals surface area (Å²) in [4.78, 5) is 27.7. The highest BCUT2D eigenvalue weighted by atomic mass is 35.5. The zero-order valence-electron chi connectivity index (χ0n) is 12.6. The number of amides is 1. The Morgan fingerprint density at radius 1 is 1.32 bits per heavy atom. The van der Waals surface area contributed by atoms with Gasteiger partial charge in [0.15, 0.2) is 0 Å². The van der Waals surface area contributed by atoms with E-state index in [9.17, 15) is 9.59 Å². The Labute approximate surface area is 136 Å². The zero-order chi connectivity index (χ0) is 15.2. The number of esters is 1. The van der Waals surface area contributed by atoms with Gasteiger partial charge in [-0.1, -0.05) is 0 Å². The third kappa shape index (κ3) is 4.87. The fraction of sp³-hybridized carbons (Fsp3) is 0.533. The minimum absolute atomic E-state index is 0. The quantitative estimate of drug-likeness (QED) is 0.824. The highest BCUT2D eigenvalue weighted by Crippen LogP contribution is 2.25. The number of nitrogen functional groups attached to an aromatic ring is 1. The molecule has 0 atom stereocenters. The Morgan fingerprint density at radius 3 is 2.55 bits per heavy atom. The van der Waals surface area contributed by atoms with Crippen LogP contribution in [-0.2, 0) is 9.53 Å². The lowest BCUT2D eigenvalue weighted by Crippen LogP contribution is -2.39. The Balaban J connectivity index is 0.00000242. The van der Waals surface area contributed by atoms with Crippen molar-refractivity contribution < 1.29 is 14.3 Å². The lowest BCUT2D eigenvalue weighted by atomic mass is 9.86. The third-order valence-corrected chi connectivity index (χ3v) is 3.70. The lowest BCUT2D eigenvalue weighted by molar-refractivity contribution is -0.149. The second kappa shape index (κ2) is 8.58. The Kier molecular flexibility index (Phi) is 7.11. The van der Waals surface area contributed by atoms with Gasteiger partial charge in [0.2, 0.25) is 0 Å². The molecule has 1 aliphatic rings. The molecule has 0 saturated heterocycles. The van der Waals surface area contributed by atoms with Gasteiger partial charge in [-0.2, -0.15) is 0 Å². The molecule has 0 unspecified atom stereocenters. The molecule has 6 nitrogen and oxygen atoms in total. The summed E-state index contributed by atoms with van der Waals surface area (Å²) in [6.07, 6.45) is 4.53. The fourth-order valence-electron chi connectivity index (χ4n) is 2.53. The van der Waals surface area contributed by atoms with E-state index in [1.165, 1.54) is 6.20 Å². The molecule has 0 radical (unpaired) electrons. The second-order valence-corrected chi connectivity index (χ2v) is 5.25. The van der Waals surface area contributed by atoms with E-state index in [0.717, 1.165) is 25.7 Å². The van der Waals surface area contributed by atoms with Crippen LogP contribution < -0.4 is 11.1 Å².